The summed E-state index contributed by atoms with van der Waals surface area (Å²) in [7, 11) is 0. The van der Waals surface area contributed by atoms with Crippen LogP contribution >= 0.6 is 0 Å². The SMILES string of the molecule is CCCCNC(=O)Nc1ccc(Oc2ccc(C)cc2)nc1. The maximum absolute atomic E-state index is 11.6. The molecule has 0 aliphatic carbocycles. The number of nitrogens with zero attached hydrogens (tertiary/aromatic N) is 1. The van der Waals surface area contributed by atoms with Crippen LogP contribution in [0.3, 0.4) is 0 Å². The van der Waals surface area contributed by atoms with Crippen LogP contribution in [0.25, 0.3) is 0 Å². The number of carbonyl (C=O) groups is 1. The lowest BCUT2D eigenvalue weighted by molar-refractivity contribution is 0.252. The van der Waals surface area contributed by atoms with Crippen LogP contribution in [0.5, 0.6) is 11.6 Å². The Kier molecular flexibility index (Phi) is 5.77. The minimum atomic E-state index is -0.220. The second-order valence-corrected chi connectivity index (χ2v) is 5.03. The normalized spacial score (nSPS) is 10.1. The number of ether oxygens (including phenoxy) is 1. The van der Waals surface area contributed by atoms with Crippen LogP contribution in [0, 0.1) is 6.92 Å². The minimum Gasteiger partial charge on any atom is -0.439 e. The van der Waals surface area contributed by atoms with Gasteiger partial charge in [-0.25, -0.2) is 9.78 Å². The maximum Gasteiger partial charge on any atom is 0.319 e. The van der Waals surface area contributed by atoms with Crippen molar-refractivity contribution < 1.29 is 9.53 Å². The summed E-state index contributed by atoms with van der Waals surface area (Å²) in [6.45, 7) is 4.77. The first-order chi connectivity index (χ1) is 10.7. The van der Waals surface area contributed by atoms with Gasteiger partial charge >= 0.3 is 6.03 Å². The first-order valence-electron chi connectivity index (χ1n) is 7.43. The summed E-state index contributed by atoms with van der Waals surface area (Å²) in [4.78, 5) is 15.8. The number of hydrogen-bond donors (Lipinski definition) is 2. The van der Waals surface area contributed by atoms with Crippen molar-refractivity contribution in [2.45, 2.75) is 26.7 Å². The van der Waals surface area contributed by atoms with E-state index in [4.69, 9.17) is 4.74 Å². The molecule has 116 valence electrons. The van der Waals surface area contributed by atoms with Crippen LogP contribution in [-0.2, 0) is 0 Å². The summed E-state index contributed by atoms with van der Waals surface area (Å²) >= 11 is 0. The third-order valence-electron chi connectivity index (χ3n) is 3.05. The fourth-order valence-corrected chi connectivity index (χ4v) is 1.80. The monoisotopic (exact) mass is 299 g/mol. The van der Waals surface area contributed by atoms with Gasteiger partial charge in [0.1, 0.15) is 5.75 Å². The second-order valence-electron chi connectivity index (χ2n) is 5.03. The Morgan fingerprint density at radius 2 is 1.95 bits per heavy atom. The first kappa shape index (κ1) is 15.8. The summed E-state index contributed by atoms with van der Waals surface area (Å²) in [5.74, 6) is 1.22. The molecule has 1 heterocycles. The van der Waals surface area contributed by atoms with Crippen molar-refractivity contribution >= 4 is 11.7 Å². The van der Waals surface area contributed by atoms with Gasteiger partial charge in [-0.3, -0.25) is 0 Å². The van der Waals surface area contributed by atoms with Gasteiger partial charge in [-0.15, -0.1) is 0 Å². The number of unbranched alkanes of at least 4 members (excludes halogenated alkanes) is 1. The molecule has 5 heteroatoms. The molecular weight excluding hydrogens is 278 g/mol. The van der Waals surface area contributed by atoms with Crippen LogP contribution in [0.4, 0.5) is 10.5 Å². The standard InChI is InChI=1S/C17H21N3O2/c1-3-4-11-18-17(21)20-14-7-10-16(19-12-14)22-15-8-5-13(2)6-9-15/h5-10,12H,3-4,11H2,1-2H3,(H2,18,20,21). The van der Waals surface area contributed by atoms with Gasteiger partial charge < -0.3 is 15.4 Å². The number of pyridine rings is 1. The molecule has 0 aliphatic heterocycles. The van der Waals surface area contributed by atoms with E-state index in [0.29, 0.717) is 18.1 Å². The number of benzene rings is 1. The molecular formula is C17H21N3O2. The number of aryl methyl sites for hydroxylation is 1. The molecule has 0 atom stereocenters. The molecule has 0 unspecified atom stereocenters. The van der Waals surface area contributed by atoms with Crippen LogP contribution in [0.15, 0.2) is 42.6 Å². The van der Waals surface area contributed by atoms with Gasteiger partial charge in [0, 0.05) is 12.6 Å². The molecule has 0 saturated heterocycles. The van der Waals surface area contributed by atoms with E-state index in [1.165, 1.54) is 5.56 Å². The van der Waals surface area contributed by atoms with Gasteiger partial charge in [0.25, 0.3) is 0 Å². The molecule has 2 rings (SSSR count). The van der Waals surface area contributed by atoms with Crippen molar-refractivity contribution in [1.29, 1.82) is 0 Å². The average Bonchev–Trinajstić information content (AvgIpc) is 2.52. The fraction of sp³-hybridized carbons (Fsp3) is 0.294. The van der Waals surface area contributed by atoms with E-state index in [1.807, 2.05) is 31.2 Å². The summed E-state index contributed by atoms with van der Waals surface area (Å²) in [5.41, 5.74) is 1.80. The summed E-state index contributed by atoms with van der Waals surface area (Å²) in [6.07, 6.45) is 3.59. The topological polar surface area (TPSA) is 63.2 Å². The summed E-state index contributed by atoms with van der Waals surface area (Å²) in [5, 5.41) is 5.51. The molecule has 0 bridgehead atoms. The van der Waals surface area contributed by atoms with E-state index in [1.54, 1.807) is 18.3 Å². The van der Waals surface area contributed by atoms with Crippen molar-refractivity contribution in [3.8, 4) is 11.6 Å². The Labute approximate surface area is 130 Å². The zero-order valence-corrected chi connectivity index (χ0v) is 12.9. The van der Waals surface area contributed by atoms with Gasteiger partial charge in [0.15, 0.2) is 0 Å². The molecule has 2 aromatic rings. The highest BCUT2D eigenvalue weighted by Crippen LogP contribution is 2.20. The molecule has 0 saturated carbocycles. The molecule has 0 aliphatic rings. The molecule has 1 aromatic heterocycles. The van der Waals surface area contributed by atoms with Gasteiger partial charge in [0.05, 0.1) is 11.9 Å². The van der Waals surface area contributed by atoms with Gasteiger partial charge in [-0.1, -0.05) is 31.0 Å². The number of aromatic nitrogens is 1. The second kappa shape index (κ2) is 8.02. The molecule has 1 aromatic carbocycles. The van der Waals surface area contributed by atoms with E-state index < -0.39 is 0 Å². The Morgan fingerprint density at radius 3 is 2.59 bits per heavy atom. The molecule has 0 fully saturated rings. The molecule has 5 nitrogen and oxygen atoms in total. The number of anilines is 1. The lowest BCUT2D eigenvalue weighted by Crippen LogP contribution is -2.29. The quantitative estimate of drug-likeness (QED) is 0.789. The van der Waals surface area contributed by atoms with Crippen LogP contribution in [0.2, 0.25) is 0 Å². The first-order valence-corrected chi connectivity index (χ1v) is 7.43. The van der Waals surface area contributed by atoms with Gasteiger partial charge in [-0.05, 0) is 31.5 Å². The number of nitrogens with one attached hydrogen (secondary N) is 2. The van der Waals surface area contributed by atoms with E-state index in [-0.39, 0.29) is 6.03 Å². The predicted octanol–water partition coefficient (Wildman–Crippen LogP) is 4.10. The van der Waals surface area contributed by atoms with Crippen molar-refractivity contribution in [3.05, 3.63) is 48.2 Å². The zero-order valence-electron chi connectivity index (χ0n) is 12.9. The highest BCUT2D eigenvalue weighted by molar-refractivity contribution is 5.88. The van der Waals surface area contributed by atoms with E-state index in [0.717, 1.165) is 18.6 Å². The molecule has 0 radical (unpaired) electrons. The van der Waals surface area contributed by atoms with Crippen molar-refractivity contribution in [2.75, 3.05) is 11.9 Å². The average molecular weight is 299 g/mol. The molecule has 0 spiro atoms. The Balaban J connectivity index is 1.87. The smallest absolute Gasteiger partial charge is 0.319 e. The number of hydrogen-bond acceptors (Lipinski definition) is 3. The van der Waals surface area contributed by atoms with Crippen LogP contribution < -0.4 is 15.4 Å². The summed E-state index contributed by atoms with van der Waals surface area (Å²) < 4.78 is 5.63. The largest absolute Gasteiger partial charge is 0.439 e. The molecule has 22 heavy (non-hydrogen) atoms. The Morgan fingerprint density at radius 1 is 1.18 bits per heavy atom. The number of amides is 2. The molecule has 2 amide bonds. The third-order valence-corrected chi connectivity index (χ3v) is 3.05. The van der Waals surface area contributed by atoms with Crippen LogP contribution in [-0.4, -0.2) is 17.6 Å². The number of urea groups is 1. The fourth-order valence-electron chi connectivity index (χ4n) is 1.80. The highest BCUT2D eigenvalue weighted by Gasteiger charge is 2.03. The predicted molar refractivity (Wildman–Crippen MR) is 87.4 cm³/mol. The third kappa shape index (κ3) is 5.09. The van der Waals surface area contributed by atoms with Crippen LogP contribution in [0.1, 0.15) is 25.3 Å². The lowest BCUT2D eigenvalue weighted by atomic mass is 10.2. The van der Waals surface area contributed by atoms with E-state index >= 15 is 0 Å². The van der Waals surface area contributed by atoms with Crippen molar-refractivity contribution in [1.82, 2.24) is 10.3 Å². The van der Waals surface area contributed by atoms with E-state index in [9.17, 15) is 4.79 Å². The highest BCUT2D eigenvalue weighted by atomic mass is 16.5. The minimum absolute atomic E-state index is 0.220. The Bertz CT molecular complexity index is 594. The van der Waals surface area contributed by atoms with Gasteiger partial charge in [-0.2, -0.15) is 0 Å². The van der Waals surface area contributed by atoms with Gasteiger partial charge in [0.2, 0.25) is 5.88 Å². The number of rotatable bonds is 6. The zero-order chi connectivity index (χ0) is 15.8. The molecule has 2 N–H and O–H groups in total. The van der Waals surface area contributed by atoms with E-state index in [2.05, 4.69) is 22.5 Å². The Hall–Kier alpha value is -2.56. The van der Waals surface area contributed by atoms with Crippen molar-refractivity contribution in [2.24, 2.45) is 0 Å². The summed E-state index contributed by atoms with van der Waals surface area (Å²) in [6, 6.07) is 11.0. The number of carbonyl (C=O) groups excluding carboxylic acids is 1. The lowest BCUT2D eigenvalue weighted by Gasteiger charge is -2.08. The van der Waals surface area contributed by atoms with Crippen molar-refractivity contribution in [3.63, 3.8) is 0 Å². The maximum atomic E-state index is 11.6.